The fraction of sp³-hybridized carbons (Fsp3) is 0.500. The van der Waals surface area contributed by atoms with Gasteiger partial charge in [-0.1, -0.05) is 37.2 Å². The van der Waals surface area contributed by atoms with Crippen molar-refractivity contribution in [3.63, 3.8) is 0 Å². The van der Waals surface area contributed by atoms with E-state index in [1.54, 1.807) is 24.3 Å². The van der Waals surface area contributed by atoms with Gasteiger partial charge in [-0.05, 0) is 18.6 Å². The maximum absolute atomic E-state index is 12.9. The monoisotopic (exact) mass is 665 g/mol. The smallest absolute Gasteiger partial charge is 0.398 e. The third kappa shape index (κ3) is 9.58. The summed E-state index contributed by atoms with van der Waals surface area (Å²) in [6.45, 7) is 1.25. The average molecular weight is 665 g/mol. The van der Waals surface area contributed by atoms with E-state index >= 15 is 0 Å². The van der Waals surface area contributed by atoms with Gasteiger partial charge in [-0.3, -0.25) is 9.13 Å². The number of halogens is 6. The number of nitrogens with zero attached hydrogens (tertiary/aromatic N) is 4. The number of para-hydroxylation sites is 1. The molecule has 0 amide bonds. The van der Waals surface area contributed by atoms with Gasteiger partial charge in [0.25, 0.3) is 0 Å². The fourth-order valence-electron chi connectivity index (χ4n) is 3.69. The summed E-state index contributed by atoms with van der Waals surface area (Å²) in [5, 5.41) is 0.302. The molecule has 234 valence electrons. The molecule has 1 aromatic carbocycles. The Labute approximate surface area is 239 Å². The third-order valence-corrected chi connectivity index (χ3v) is 11.9. The van der Waals surface area contributed by atoms with Crippen LogP contribution in [-0.2, 0) is 20.4 Å². The molecule has 20 heteroatoms. The topological polar surface area (TPSA) is 163 Å². The molecule has 0 saturated carbocycles. The van der Waals surface area contributed by atoms with Crippen LogP contribution in [0.4, 0.5) is 32.3 Å². The van der Waals surface area contributed by atoms with Crippen molar-refractivity contribution in [3.05, 3.63) is 30.6 Å². The number of rotatable bonds is 14. The van der Waals surface area contributed by atoms with E-state index in [1.807, 2.05) is 6.92 Å². The lowest BCUT2D eigenvalue weighted by molar-refractivity contribution is -0.108. The highest BCUT2D eigenvalue weighted by molar-refractivity contribution is 7.99. The molecule has 2 unspecified atom stereocenters. The van der Waals surface area contributed by atoms with Gasteiger partial charge >= 0.3 is 12.4 Å². The van der Waals surface area contributed by atoms with Crippen LogP contribution in [0.3, 0.4) is 0 Å². The van der Waals surface area contributed by atoms with E-state index in [4.69, 9.17) is 15.2 Å². The summed E-state index contributed by atoms with van der Waals surface area (Å²) in [4.78, 5) is 33.0. The van der Waals surface area contributed by atoms with Crippen molar-refractivity contribution < 1.29 is 54.7 Å². The Morgan fingerprint density at radius 3 is 2.24 bits per heavy atom. The van der Waals surface area contributed by atoms with Gasteiger partial charge in [0.05, 0.1) is 24.4 Å². The van der Waals surface area contributed by atoms with Gasteiger partial charge in [0.15, 0.2) is 5.65 Å². The molecule has 0 aliphatic rings. The first-order valence-electron chi connectivity index (χ1n) is 12.2. The van der Waals surface area contributed by atoms with Crippen LogP contribution in [0.15, 0.2) is 40.5 Å². The van der Waals surface area contributed by atoms with Crippen molar-refractivity contribution in [1.82, 2.24) is 19.5 Å². The number of imidazole rings is 1. The fourth-order valence-corrected chi connectivity index (χ4v) is 9.42. The Hall–Kier alpha value is -2.36. The van der Waals surface area contributed by atoms with E-state index in [1.165, 1.54) is 10.9 Å². The van der Waals surface area contributed by atoms with Crippen LogP contribution in [0, 0.1) is 0 Å². The molecule has 0 saturated heterocycles. The van der Waals surface area contributed by atoms with Gasteiger partial charge < -0.3 is 29.6 Å². The molecule has 0 aliphatic heterocycles. The minimum atomic E-state index is -5.80. The summed E-state index contributed by atoms with van der Waals surface area (Å²) < 4.78 is 114. The van der Waals surface area contributed by atoms with E-state index in [9.17, 15) is 45.3 Å². The highest BCUT2D eigenvalue weighted by Crippen LogP contribution is 2.67. The molecule has 0 spiro atoms. The maximum atomic E-state index is 12.9. The van der Waals surface area contributed by atoms with Crippen LogP contribution in [0.1, 0.15) is 19.8 Å². The number of anilines is 1. The molecule has 3 rings (SSSR count). The molecule has 0 radical (unpaired) electrons. The standard InChI is InChI=1S/C22H27F6N5O6P2S/c1-2-3-9-38-14-6-4-5-7-15(14)42-18-16-17(31-19(29)32-18)33(13-30-16)8-10-39-20(40(34,35)11-21(23,24)25)41(36,37)12-22(26,27)28/h4-7,13,20H,2-3,8-12H2,1H3,(H,34,35)(H,36,37)(H2,29,31,32). The molecular formula is C22H27F6N5O6P2S. The van der Waals surface area contributed by atoms with Crippen molar-refractivity contribution in [3.8, 4) is 5.75 Å². The number of ether oxygens (including phenoxy) is 2. The number of unbranched alkanes of at least 4 members (excludes halogenated alkanes) is 1. The number of benzene rings is 1. The molecule has 11 nitrogen and oxygen atoms in total. The lowest BCUT2D eigenvalue weighted by Crippen LogP contribution is -2.27. The molecule has 2 aromatic heterocycles. The van der Waals surface area contributed by atoms with Crippen molar-refractivity contribution in [2.45, 2.75) is 54.2 Å². The molecule has 0 fully saturated rings. The Morgan fingerprint density at radius 2 is 1.64 bits per heavy atom. The van der Waals surface area contributed by atoms with Gasteiger partial charge in [0.2, 0.25) is 26.3 Å². The van der Waals surface area contributed by atoms with Crippen LogP contribution in [-0.4, -0.2) is 72.8 Å². The van der Waals surface area contributed by atoms with E-state index in [0.29, 0.717) is 22.3 Å². The molecule has 3 aromatic rings. The van der Waals surface area contributed by atoms with Gasteiger partial charge in [-0.15, -0.1) is 0 Å². The largest absolute Gasteiger partial charge is 0.492 e. The van der Waals surface area contributed by atoms with Crippen molar-refractivity contribution >= 4 is 43.6 Å². The highest BCUT2D eigenvalue weighted by atomic mass is 32.2. The molecule has 42 heavy (non-hydrogen) atoms. The molecule has 2 heterocycles. The molecule has 2 atom stereocenters. The van der Waals surface area contributed by atoms with Crippen LogP contribution < -0.4 is 10.5 Å². The zero-order valence-corrected chi connectivity index (χ0v) is 24.5. The number of nitrogens with two attached hydrogens (primary N) is 1. The summed E-state index contributed by atoms with van der Waals surface area (Å²) in [6, 6.07) is 7.12. The lowest BCUT2D eigenvalue weighted by atomic mass is 10.3. The summed E-state index contributed by atoms with van der Waals surface area (Å²) in [6.07, 6.45) is -12.7. The molecule has 0 aliphatic carbocycles. The van der Waals surface area contributed by atoms with Gasteiger partial charge in [-0.25, -0.2) is 9.97 Å². The quantitative estimate of drug-likeness (QED) is 0.0838. The first kappa shape index (κ1) is 34.1. The second-order valence-corrected chi connectivity index (χ2v) is 15.0. The Bertz CT molecular complexity index is 1440. The molecular weight excluding hydrogens is 638 g/mol. The van der Waals surface area contributed by atoms with E-state index in [-0.39, 0.29) is 17.1 Å². The van der Waals surface area contributed by atoms with Gasteiger partial charge in [-0.2, -0.15) is 31.3 Å². The zero-order valence-electron chi connectivity index (χ0n) is 21.9. The van der Waals surface area contributed by atoms with Crippen LogP contribution in [0.2, 0.25) is 0 Å². The van der Waals surface area contributed by atoms with Crippen molar-refractivity contribution in [1.29, 1.82) is 0 Å². The second-order valence-electron chi connectivity index (χ2n) is 9.00. The Kier molecular flexibility index (Phi) is 11.0. The number of aromatic nitrogens is 4. The van der Waals surface area contributed by atoms with Crippen molar-refractivity contribution in [2.24, 2.45) is 0 Å². The van der Waals surface area contributed by atoms with Gasteiger partial charge in [0, 0.05) is 6.54 Å². The number of alkyl halides is 6. The number of hydrogen-bond acceptors (Lipinski definition) is 9. The summed E-state index contributed by atoms with van der Waals surface area (Å²) in [5.74, 6) is 0.393. The van der Waals surface area contributed by atoms with E-state index in [2.05, 4.69) is 15.0 Å². The Morgan fingerprint density at radius 1 is 1.02 bits per heavy atom. The third-order valence-electron chi connectivity index (χ3n) is 5.36. The summed E-state index contributed by atoms with van der Waals surface area (Å²) in [5.41, 5.74) is 3.04. The minimum Gasteiger partial charge on any atom is -0.492 e. The summed E-state index contributed by atoms with van der Waals surface area (Å²) >= 11 is 1.16. The first-order chi connectivity index (χ1) is 19.4. The number of nitrogen functional groups attached to an aromatic ring is 1. The average Bonchev–Trinajstić information content (AvgIpc) is 3.22. The summed E-state index contributed by atoms with van der Waals surface area (Å²) in [7, 11) is -11.6. The SMILES string of the molecule is CCCCOc1ccccc1Sc1nc(N)nc2c1ncn2CCOC(P(=O)(O)CC(F)(F)F)P(=O)(O)CC(F)(F)F. The van der Waals surface area contributed by atoms with E-state index < -0.39 is 58.2 Å². The van der Waals surface area contributed by atoms with Crippen molar-refractivity contribution in [2.75, 3.05) is 31.3 Å². The molecule has 4 N–H and O–H groups in total. The van der Waals surface area contributed by atoms with E-state index in [0.717, 1.165) is 24.6 Å². The normalized spacial score (nSPS) is 16.2. The zero-order chi connectivity index (χ0) is 31.3. The molecule has 0 bridgehead atoms. The number of fused-ring (bicyclic) bond motifs is 1. The minimum absolute atomic E-state index is 0.0967. The van der Waals surface area contributed by atoms with Crippen LogP contribution in [0.25, 0.3) is 11.2 Å². The Balaban J connectivity index is 1.85. The second kappa shape index (κ2) is 13.5. The first-order valence-corrected chi connectivity index (χ1v) is 16.8. The number of hydrogen-bond donors (Lipinski definition) is 3. The predicted molar refractivity (Wildman–Crippen MR) is 142 cm³/mol. The van der Waals surface area contributed by atoms with Gasteiger partial charge in [0.1, 0.15) is 28.6 Å². The predicted octanol–water partition coefficient (Wildman–Crippen LogP) is 5.70. The van der Waals surface area contributed by atoms with Crippen LogP contribution in [0.5, 0.6) is 5.75 Å². The van der Waals surface area contributed by atoms with Crippen LogP contribution >= 0.6 is 26.5 Å². The maximum Gasteiger partial charge on any atom is 0.398 e. The lowest BCUT2D eigenvalue weighted by Gasteiger charge is -2.28. The highest BCUT2D eigenvalue weighted by Gasteiger charge is 2.54.